The van der Waals surface area contributed by atoms with Gasteiger partial charge in [0.05, 0.1) is 0 Å². The molecule has 1 aromatic rings. The first-order valence-electron chi connectivity index (χ1n) is 4.18. The van der Waals surface area contributed by atoms with Crippen LogP contribution in [0.15, 0.2) is 12.4 Å². The molecule has 12 heavy (non-hydrogen) atoms. The summed E-state index contributed by atoms with van der Waals surface area (Å²) in [6, 6.07) is 2.36. The molecular formula is C8H12N4. The lowest BCUT2D eigenvalue weighted by Crippen LogP contribution is -2.27. The third-order valence-electron chi connectivity index (χ3n) is 2.15. The van der Waals surface area contributed by atoms with E-state index in [4.69, 9.17) is 5.73 Å². The highest BCUT2D eigenvalue weighted by Crippen LogP contribution is 2.22. The number of rotatable bonds is 2. The topological polar surface area (TPSA) is 63.8 Å². The minimum absolute atomic E-state index is 0.520. The summed E-state index contributed by atoms with van der Waals surface area (Å²) in [5.74, 6) is 1.36. The van der Waals surface area contributed by atoms with Gasteiger partial charge in [-0.25, -0.2) is 9.97 Å². The van der Waals surface area contributed by atoms with E-state index in [-0.39, 0.29) is 0 Å². The molecule has 0 spiro atoms. The molecule has 4 nitrogen and oxygen atoms in total. The van der Waals surface area contributed by atoms with Gasteiger partial charge in [0.1, 0.15) is 18.0 Å². The fourth-order valence-corrected chi connectivity index (χ4v) is 1.21. The maximum atomic E-state index is 5.50. The molecule has 0 atom stereocenters. The van der Waals surface area contributed by atoms with Gasteiger partial charge in [-0.2, -0.15) is 0 Å². The Hall–Kier alpha value is -1.32. The first-order valence-corrected chi connectivity index (χ1v) is 4.18. The predicted molar refractivity (Wildman–Crippen MR) is 47.7 cm³/mol. The number of aromatic nitrogens is 2. The Morgan fingerprint density at radius 2 is 2.25 bits per heavy atom. The molecule has 2 rings (SSSR count). The van der Waals surface area contributed by atoms with Crippen LogP contribution in [0.1, 0.15) is 19.3 Å². The summed E-state index contributed by atoms with van der Waals surface area (Å²) in [5.41, 5.74) is 5.50. The molecule has 1 aliphatic carbocycles. The van der Waals surface area contributed by atoms with Crippen molar-refractivity contribution in [3.63, 3.8) is 0 Å². The van der Waals surface area contributed by atoms with Crippen LogP contribution < -0.4 is 11.1 Å². The third-order valence-corrected chi connectivity index (χ3v) is 2.15. The minimum Gasteiger partial charge on any atom is -0.384 e. The van der Waals surface area contributed by atoms with Crippen molar-refractivity contribution in [1.82, 2.24) is 9.97 Å². The van der Waals surface area contributed by atoms with Crippen LogP contribution in [-0.4, -0.2) is 16.0 Å². The van der Waals surface area contributed by atoms with E-state index in [9.17, 15) is 0 Å². The lowest BCUT2D eigenvalue weighted by atomic mass is 9.93. The Morgan fingerprint density at radius 3 is 2.83 bits per heavy atom. The number of anilines is 2. The zero-order chi connectivity index (χ0) is 8.39. The second-order valence-electron chi connectivity index (χ2n) is 3.10. The van der Waals surface area contributed by atoms with Gasteiger partial charge in [0.15, 0.2) is 0 Å². The van der Waals surface area contributed by atoms with Gasteiger partial charge in [0.2, 0.25) is 0 Å². The first kappa shape index (κ1) is 7.34. The molecule has 0 aliphatic heterocycles. The van der Waals surface area contributed by atoms with E-state index in [1.807, 2.05) is 0 Å². The zero-order valence-electron chi connectivity index (χ0n) is 6.83. The van der Waals surface area contributed by atoms with Crippen molar-refractivity contribution in [3.8, 4) is 0 Å². The highest BCUT2D eigenvalue weighted by atomic mass is 15.1. The molecule has 1 aromatic heterocycles. The summed E-state index contributed by atoms with van der Waals surface area (Å²) in [5, 5.41) is 3.29. The quantitative estimate of drug-likeness (QED) is 0.685. The van der Waals surface area contributed by atoms with Gasteiger partial charge in [-0.1, -0.05) is 0 Å². The molecule has 3 N–H and O–H groups in total. The van der Waals surface area contributed by atoms with Crippen molar-refractivity contribution in [2.45, 2.75) is 25.3 Å². The molecule has 4 heteroatoms. The van der Waals surface area contributed by atoms with Gasteiger partial charge in [0, 0.05) is 12.1 Å². The van der Waals surface area contributed by atoms with Crippen molar-refractivity contribution in [2.75, 3.05) is 11.1 Å². The molecule has 0 unspecified atom stereocenters. The summed E-state index contributed by atoms with van der Waals surface area (Å²) in [6.07, 6.45) is 5.28. The molecule has 64 valence electrons. The number of hydrogen-bond donors (Lipinski definition) is 2. The lowest BCUT2D eigenvalue weighted by molar-refractivity contribution is 0.444. The number of hydrogen-bond acceptors (Lipinski definition) is 4. The second kappa shape index (κ2) is 2.97. The van der Waals surface area contributed by atoms with E-state index >= 15 is 0 Å². The van der Waals surface area contributed by atoms with Crippen LogP contribution in [0.2, 0.25) is 0 Å². The smallest absolute Gasteiger partial charge is 0.131 e. The Kier molecular flexibility index (Phi) is 1.81. The van der Waals surface area contributed by atoms with E-state index in [1.54, 1.807) is 6.07 Å². The van der Waals surface area contributed by atoms with Crippen LogP contribution in [0.3, 0.4) is 0 Å². The van der Waals surface area contributed by atoms with E-state index in [0.717, 1.165) is 5.82 Å². The lowest BCUT2D eigenvalue weighted by Gasteiger charge is -2.26. The Bertz CT molecular complexity index is 270. The van der Waals surface area contributed by atoms with Crippen LogP contribution in [-0.2, 0) is 0 Å². The van der Waals surface area contributed by atoms with Crippen LogP contribution >= 0.6 is 0 Å². The van der Waals surface area contributed by atoms with E-state index in [1.165, 1.54) is 25.6 Å². The maximum absolute atomic E-state index is 5.50. The van der Waals surface area contributed by atoms with Crippen LogP contribution in [0.25, 0.3) is 0 Å². The maximum Gasteiger partial charge on any atom is 0.131 e. The van der Waals surface area contributed by atoms with Gasteiger partial charge in [-0.05, 0) is 19.3 Å². The molecule has 1 aliphatic rings. The molecule has 0 aromatic carbocycles. The third kappa shape index (κ3) is 1.47. The molecule has 0 amide bonds. The Balaban J connectivity index is 2.02. The highest BCUT2D eigenvalue weighted by molar-refractivity contribution is 5.44. The number of nitrogens with two attached hydrogens (primary N) is 1. The Labute approximate surface area is 71.2 Å². The van der Waals surface area contributed by atoms with Gasteiger partial charge in [-0.15, -0.1) is 0 Å². The van der Waals surface area contributed by atoms with Gasteiger partial charge in [-0.3, -0.25) is 0 Å². The number of nitrogen functional groups attached to an aromatic ring is 1. The molecule has 1 saturated carbocycles. The summed E-state index contributed by atoms with van der Waals surface area (Å²) in [7, 11) is 0. The largest absolute Gasteiger partial charge is 0.384 e. The summed E-state index contributed by atoms with van der Waals surface area (Å²) in [6.45, 7) is 0. The molecule has 0 bridgehead atoms. The van der Waals surface area contributed by atoms with Crippen molar-refractivity contribution >= 4 is 11.6 Å². The Morgan fingerprint density at radius 1 is 1.42 bits per heavy atom. The molecule has 1 heterocycles. The van der Waals surface area contributed by atoms with Crippen molar-refractivity contribution in [3.05, 3.63) is 12.4 Å². The monoisotopic (exact) mass is 164 g/mol. The van der Waals surface area contributed by atoms with E-state index < -0.39 is 0 Å². The fraction of sp³-hybridized carbons (Fsp3) is 0.500. The average Bonchev–Trinajstić information content (AvgIpc) is 1.97. The summed E-state index contributed by atoms with van der Waals surface area (Å²) < 4.78 is 0. The predicted octanol–water partition coefficient (Wildman–Crippen LogP) is 1.02. The van der Waals surface area contributed by atoms with Crippen molar-refractivity contribution in [1.29, 1.82) is 0 Å². The second-order valence-corrected chi connectivity index (χ2v) is 3.10. The normalized spacial score (nSPS) is 17.0. The number of nitrogens with zero attached hydrogens (tertiary/aromatic N) is 2. The highest BCUT2D eigenvalue weighted by Gasteiger charge is 2.16. The average molecular weight is 164 g/mol. The SMILES string of the molecule is Nc1cc(NC2CCC2)ncn1. The van der Waals surface area contributed by atoms with Crippen LogP contribution in [0, 0.1) is 0 Å². The van der Waals surface area contributed by atoms with Gasteiger partial charge in [0.25, 0.3) is 0 Å². The molecule has 1 fully saturated rings. The summed E-state index contributed by atoms with van der Waals surface area (Å²) >= 11 is 0. The van der Waals surface area contributed by atoms with Crippen molar-refractivity contribution < 1.29 is 0 Å². The van der Waals surface area contributed by atoms with E-state index in [2.05, 4.69) is 15.3 Å². The van der Waals surface area contributed by atoms with Gasteiger partial charge < -0.3 is 11.1 Å². The van der Waals surface area contributed by atoms with Gasteiger partial charge >= 0.3 is 0 Å². The fourth-order valence-electron chi connectivity index (χ4n) is 1.21. The van der Waals surface area contributed by atoms with Crippen LogP contribution in [0.4, 0.5) is 11.6 Å². The molecular weight excluding hydrogens is 152 g/mol. The van der Waals surface area contributed by atoms with Crippen molar-refractivity contribution in [2.24, 2.45) is 0 Å². The first-order chi connectivity index (χ1) is 5.84. The van der Waals surface area contributed by atoms with Crippen LogP contribution in [0.5, 0.6) is 0 Å². The zero-order valence-corrected chi connectivity index (χ0v) is 6.83. The summed E-state index contributed by atoms with van der Waals surface area (Å²) in [4.78, 5) is 7.88. The minimum atomic E-state index is 0.520. The standard InChI is InChI=1S/C8H12N4/c9-7-4-8(11-5-10-7)12-6-2-1-3-6/h4-6H,1-3H2,(H3,9,10,11,12). The molecule has 0 radical (unpaired) electrons. The number of nitrogens with one attached hydrogen (secondary N) is 1. The van der Waals surface area contributed by atoms with E-state index in [0.29, 0.717) is 11.9 Å². The molecule has 0 saturated heterocycles.